The maximum atomic E-state index is 12.3. The number of alkyl halides is 3. The van der Waals surface area contributed by atoms with Gasteiger partial charge in [0.15, 0.2) is 0 Å². The SMILES string of the molecule is FC(F)(F)c1ccc(Nc2cscn2)cc1. The molecule has 0 atom stereocenters. The lowest BCUT2D eigenvalue weighted by Gasteiger charge is -2.07. The Balaban J connectivity index is 2.14. The second kappa shape index (κ2) is 4.13. The van der Waals surface area contributed by atoms with Crippen LogP contribution in [0.15, 0.2) is 35.2 Å². The van der Waals surface area contributed by atoms with E-state index in [-0.39, 0.29) is 0 Å². The molecule has 0 bridgehead atoms. The maximum Gasteiger partial charge on any atom is 0.416 e. The molecule has 0 amide bonds. The fraction of sp³-hybridized carbons (Fsp3) is 0.100. The molecular weight excluding hydrogens is 237 g/mol. The summed E-state index contributed by atoms with van der Waals surface area (Å²) in [5.41, 5.74) is 1.57. The highest BCUT2D eigenvalue weighted by molar-refractivity contribution is 7.07. The van der Waals surface area contributed by atoms with Crippen LogP contribution in [0.4, 0.5) is 24.7 Å². The van der Waals surface area contributed by atoms with Gasteiger partial charge in [0.1, 0.15) is 5.82 Å². The number of aromatic nitrogens is 1. The smallest absolute Gasteiger partial charge is 0.340 e. The molecule has 16 heavy (non-hydrogen) atoms. The number of hydrogen-bond donors (Lipinski definition) is 1. The third-order valence-electron chi connectivity index (χ3n) is 1.92. The summed E-state index contributed by atoms with van der Waals surface area (Å²) in [4.78, 5) is 3.97. The van der Waals surface area contributed by atoms with Crippen molar-refractivity contribution < 1.29 is 13.2 Å². The first kappa shape index (κ1) is 10.9. The topological polar surface area (TPSA) is 24.9 Å². The van der Waals surface area contributed by atoms with Crippen LogP contribution in [0.2, 0.25) is 0 Å². The van der Waals surface area contributed by atoms with Gasteiger partial charge in [-0.15, -0.1) is 11.3 Å². The third-order valence-corrected chi connectivity index (χ3v) is 2.50. The largest absolute Gasteiger partial charge is 0.416 e. The van der Waals surface area contributed by atoms with E-state index in [2.05, 4.69) is 10.3 Å². The van der Waals surface area contributed by atoms with E-state index in [0.29, 0.717) is 11.5 Å². The van der Waals surface area contributed by atoms with E-state index >= 15 is 0 Å². The lowest BCUT2D eigenvalue weighted by atomic mass is 10.2. The van der Waals surface area contributed by atoms with Crippen LogP contribution in [0.1, 0.15) is 5.56 Å². The molecule has 6 heteroatoms. The van der Waals surface area contributed by atoms with Crippen molar-refractivity contribution in [3.05, 3.63) is 40.7 Å². The van der Waals surface area contributed by atoms with Crippen molar-refractivity contribution in [1.82, 2.24) is 4.98 Å². The number of rotatable bonds is 2. The quantitative estimate of drug-likeness (QED) is 0.866. The Kier molecular flexibility index (Phi) is 2.82. The average Bonchev–Trinajstić information content (AvgIpc) is 2.70. The van der Waals surface area contributed by atoms with Crippen LogP contribution in [-0.4, -0.2) is 4.98 Å². The van der Waals surface area contributed by atoms with Crippen molar-refractivity contribution in [2.75, 3.05) is 5.32 Å². The molecule has 2 rings (SSSR count). The van der Waals surface area contributed by atoms with Crippen LogP contribution < -0.4 is 5.32 Å². The van der Waals surface area contributed by atoms with Gasteiger partial charge in [-0.25, -0.2) is 4.98 Å². The molecule has 0 saturated carbocycles. The monoisotopic (exact) mass is 244 g/mol. The first-order valence-corrected chi connectivity index (χ1v) is 5.32. The van der Waals surface area contributed by atoms with Crippen molar-refractivity contribution in [1.29, 1.82) is 0 Å². The van der Waals surface area contributed by atoms with Gasteiger partial charge in [-0.3, -0.25) is 0 Å². The van der Waals surface area contributed by atoms with Crippen LogP contribution in [0.25, 0.3) is 0 Å². The number of anilines is 2. The van der Waals surface area contributed by atoms with Gasteiger partial charge in [0.05, 0.1) is 11.1 Å². The molecule has 2 nitrogen and oxygen atoms in total. The van der Waals surface area contributed by atoms with Gasteiger partial charge in [-0.1, -0.05) is 0 Å². The van der Waals surface area contributed by atoms with Crippen molar-refractivity contribution in [2.45, 2.75) is 6.18 Å². The third kappa shape index (κ3) is 2.52. The Morgan fingerprint density at radius 1 is 1.12 bits per heavy atom. The molecule has 1 N–H and O–H groups in total. The van der Waals surface area contributed by atoms with Crippen molar-refractivity contribution in [2.24, 2.45) is 0 Å². The summed E-state index contributed by atoms with van der Waals surface area (Å²) in [6.07, 6.45) is -4.29. The molecule has 1 aromatic heterocycles. The molecule has 0 fully saturated rings. The lowest BCUT2D eigenvalue weighted by molar-refractivity contribution is -0.137. The molecule has 0 unspecified atom stereocenters. The second-order valence-electron chi connectivity index (χ2n) is 3.07. The van der Waals surface area contributed by atoms with Crippen LogP contribution in [-0.2, 0) is 6.18 Å². The number of benzene rings is 1. The molecule has 0 saturated heterocycles. The van der Waals surface area contributed by atoms with E-state index in [9.17, 15) is 13.2 Å². The number of hydrogen-bond acceptors (Lipinski definition) is 3. The molecule has 1 heterocycles. The zero-order valence-electron chi connectivity index (χ0n) is 7.95. The van der Waals surface area contributed by atoms with E-state index < -0.39 is 11.7 Å². The van der Waals surface area contributed by atoms with Crippen LogP contribution in [0.5, 0.6) is 0 Å². The van der Waals surface area contributed by atoms with Crippen LogP contribution in [0, 0.1) is 0 Å². The number of nitrogens with one attached hydrogen (secondary N) is 1. The van der Waals surface area contributed by atoms with Crippen LogP contribution >= 0.6 is 11.3 Å². The van der Waals surface area contributed by atoms with Crippen molar-refractivity contribution in [3.8, 4) is 0 Å². The minimum absolute atomic E-state index is 0.582. The van der Waals surface area contributed by atoms with Gasteiger partial charge in [-0.05, 0) is 24.3 Å². The van der Waals surface area contributed by atoms with E-state index in [1.807, 2.05) is 0 Å². The molecular formula is C10H7F3N2S. The first-order chi connectivity index (χ1) is 7.55. The maximum absolute atomic E-state index is 12.3. The van der Waals surface area contributed by atoms with Gasteiger partial charge in [0, 0.05) is 11.1 Å². The molecule has 0 aliphatic rings. The molecule has 0 radical (unpaired) electrons. The summed E-state index contributed by atoms with van der Waals surface area (Å²) >= 11 is 1.41. The number of thiazole rings is 1. The standard InChI is InChI=1S/C10H7F3N2S/c11-10(12,13)7-1-3-8(4-2-7)15-9-5-16-6-14-9/h1-6,15H. The molecule has 2 aromatic rings. The summed E-state index contributed by atoms with van der Waals surface area (Å²) in [6, 6.07) is 4.83. The zero-order valence-corrected chi connectivity index (χ0v) is 8.77. The van der Waals surface area contributed by atoms with Gasteiger partial charge in [0.2, 0.25) is 0 Å². The highest BCUT2D eigenvalue weighted by Gasteiger charge is 2.29. The van der Waals surface area contributed by atoms with Crippen LogP contribution in [0.3, 0.4) is 0 Å². The van der Waals surface area contributed by atoms with E-state index in [1.54, 1.807) is 10.9 Å². The fourth-order valence-corrected chi connectivity index (χ4v) is 1.65. The van der Waals surface area contributed by atoms with Gasteiger partial charge >= 0.3 is 6.18 Å². The lowest BCUT2D eigenvalue weighted by Crippen LogP contribution is -2.04. The summed E-state index contributed by atoms with van der Waals surface area (Å²) < 4.78 is 36.8. The number of nitrogens with zero attached hydrogens (tertiary/aromatic N) is 1. The van der Waals surface area contributed by atoms with E-state index in [1.165, 1.54) is 23.5 Å². The zero-order chi connectivity index (χ0) is 11.6. The molecule has 84 valence electrons. The second-order valence-corrected chi connectivity index (χ2v) is 3.79. The summed E-state index contributed by atoms with van der Waals surface area (Å²) in [6.45, 7) is 0. The Labute approximate surface area is 93.8 Å². The van der Waals surface area contributed by atoms with Gasteiger partial charge in [0.25, 0.3) is 0 Å². The Hall–Kier alpha value is -1.56. The predicted octanol–water partition coefficient (Wildman–Crippen LogP) is 3.91. The summed E-state index contributed by atoms with van der Waals surface area (Å²) in [5, 5.41) is 4.67. The van der Waals surface area contributed by atoms with Gasteiger partial charge < -0.3 is 5.32 Å². The molecule has 1 aromatic carbocycles. The fourth-order valence-electron chi connectivity index (χ4n) is 1.16. The molecule has 0 aliphatic carbocycles. The van der Waals surface area contributed by atoms with Crippen molar-refractivity contribution in [3.63, 3.8) is 0 Å². The highest BCUT2D eigenvalue weighted by atomic mass is 32.1. The molecule has 0 aliphatic heterocycles. The normalized spacial score (nSPS) is 11.4. The van der Waals surface area contributed by atoms with Gasteiger partial charge in [-0.2, -0.15) is 13.2 Å². The Morgan fingerprint density at radius 3 is 2.31 bits per heavy atom. The molecule has 0 spiro atoms. The predicted molar refractivity (Wildman–Crippen MR) is 56.8 cm³/mol. The summed E-state index contributed by atoms with van der Waals surface area (Å²) in [5.74, 6) is 0.629. The first-order valence-electron chi connectivity index (χ1n) is 4.38. The number of halogens is 3. The van der Waals surface area contributed by atoms with Crippen molar-refractivity contribution >= 4 is 22.8 Å². The minimum Gasteiger partial charge on any atom is -0.340 e. The Morgan fingerprint density at radius 2 is 1.81 bits per heavy atom. The highest BCUT2D eigenvalue weighted by Crippen LogP contribution is 2.30. The summed E-state index contributed by atoms with van der Waals surface area (Å²) in [7, 11) is 0. The van der Waals surface area contributed by atoms with E-state index in [0.717, 1.165) is 12.1 Å². The minimum atomic E-state index is -4.29. The Bertz CT molecular complexity index is 448. The van der Waals surface area contributed by atoms with E-state index in [4.69, 9.17) is 0 Å². The average molecular weight is 244 g/mol.